The van der Waals surface area contributed by atoms with Crippen LogP contribution in [0, 0.1) is 5.92 Å². The molecule has 0 bridgehead atoms. The zero-order chi connectivity index (χ0) is 13.1. The fraction of sp³-hybridized carbons (Fsp3) is 0.818. The minimum Gasteiger partial charge on any atom is -0.480 e. The topological polar surface area (TPSA) is 78.9 Å². The molecule has 0 aromatic rings. The summed E-state index contributed by atoms with van der Waals surface area (Å²) in [7, 11) is 0. The molecular weight excluding hydrogens is 256 g/mol. The van der Waals surface area contributed by atoms with Crippen LogP contribution >= 0.6 is 11.8 Å². The summed E-state index contributed by atoms with van der Waals surface area (Å²) >= 11 is 1.48. The molecule has 3 atom stereocenters. The van der Waals surface area contributed by atoms with E-state index in [2.05, 4.69) is 5.32 Å². The van der Waals surface area contributed by atoms with Gasteiger partial charge >= 0.3 is 5.97 Å². The van der Waals surface area contributed by atoms with Crippen LogP contribution in [0.3, 0.4) is 0 Å². The molecule has 2 rings (SSSR count). The van der Waals surface area contributed by atoms with Gasteiger partial charge in [0.2, 0.25) is 5.91 Å². The smallest absolute Gasteiger partial charge is 0.327 e. The number of nitrogens with one attached hydrogen (secondary N) is 1. The zero-order valence-corrected chi connectivity index (χ0v) is 11.1. The first-order chi connectivity index (χ1) is 8.65. The lowest BCUT2D eigenvalue weighted by Crippen LogP contribution is -2.49. The number of rotatable bonds is 4. The van der Waals surface area contributed by atoms with Crippen molar-refractivity contribution in [2.75, 3.05) is 31.4 Å². The number of likely N-dealkylation sites (N-methyl/N-ethyl adjacent to an activating group) is 1. The maximum Gasteiger partial charge on any atom is 0.327 e. The van der Waals surface area contributed by atoms with Crippen LogP contribution in [-0.2, 0) is 14.3 Å². The van der Waals surface area contributed by atoms with Gasteiger partial charge in [0, 0.05) is 11.8 Å². The predicted molar refractivity (Wildman–Crippen MR) is 67.4 cm³/mol. The van der Waals surface area contributed by atoms with E-state index in [0.29, 0.717) is 24.8 Å². The van der Waals surface area contributed by atoms with Gasteiger partial charge in [-0.1, -0.05) is 6.92 Å². The molecule has 0 aliphatic carbocycles. The molecule has 0 aromatic carbocycles. The van der Waals surface area contributed by atoms with Gasteiger partial charge in [-0.25, -0.2) is 4.79 Å². The fourth-order valence-electron chi connectivity index (χ4n) is 2.34. The van der Waals surface area contributed by atoms with Crippen molar-refractivity contribution in [2.24, 2.45) is 5.92 Å². The molecule has 2 N–H and O–H groups in total. The Balaban J connectivity index is 2.03. The van der Waals surface area contributed by atoms with Crippen LogP contribution in [0.1, 0.15) is 6.92 Å². The Labute approximate surface area is 110 Å². The predicted octanol–water partition coefficient (Wildman–Crippen LogP) is -0.403. The van der Waals surface area contributed by atoms with E-state index in [9.17, 15) is 9.59 Å². The van der Waals surface area contributed by atoms with Crippen LogP contribution in [-0.4, -0.2) is 65.4 Å². The van der Waals surface area contributed by atoms with Crippen molar-refractivity contribution < 1.29 is 19.4 Å². The Hall–Kier alpha value is -0.790. The molecule has 2 aliphatic rings. The Morgan fingerprint density at radius 2 is 2.28 bits per heavy atom. The Morgan fingerprint density at radius 1 is 1.50 bits per heavy atom. The van der Waals surface area contributed by atoms with Crippen LogP contribution in [0.25, 0.3) is 0 Å². The maximum atomic E-state index is 12.4. The van der Waals surface area contributed by atoms with Crippen molar-refractivity contribution in [1.82, 2.24) is 10.2 Å². The van der Waals surface area contributed by atoms with Gasteiger partial charge in [-0.3, -0.25) is 4.79 Å². The number of carbonyl (C=O) groups is 2. The number of amides is 1. The van der Waals surface area contributed by atoms with Crippen molar-refractivity contribution in [3.05, 3.63) is 0 Å². The number of carboxylic acids is 1. The number of hydrogen-bond donors (Lipinski definition) is 2. The van der Waals surface area contributed by atoms with Gasteiger partial charge in [0.1, 0.15) is 6.04 Å². The molecular formula is C11H18N2O4S. The molecule has 0 radical (unpaired) electrons. The van der Waals surface area contributed by atoms with Gasteiger partial charge in [0.15, 0.2) is 0 Å². The van der Waals surface area contributed by atoms with Crippen LogP contribution in [0.4, 0.5) is 0 Å². The van der Waals surface area contributed by atoms with E-state index in [1.165, 1.54) is 16.7 Å². The van der Waals surface area contributed by atoms with E-state index in [-0.39, 0.29) is 17.9 Å². The normalized spacial score (nSPS) is 31.8. The summed E-state index contributed by atoms with van der Waals surface area (Å²) in [6.07, 6.45) is 0. The summed E-state index contributed by atoms with van der Waals surface area (Å²) in [5.41, 5.74) is 0. The average Bonchev–Trinajstić information content (AvgIpc) is 2.96. The molecule has 3 unspecified atom stereocenters. The summed E-state index contributed by atoms with van der Waals surface area (Å²) in [4.78, 5) is 24.9. The standard InChI is InChI=1S/C11H18N2O4S/c1-2-12-8-4-17-3-7(8)10(14)13-6-18-5-9(13)11(15)16/h7-9,12H,2-6H2,1H3,(H,15,16). The number of ether oxygens (including phenoxy) is 1. The Kier molecular flexibility index (Phi) is 4.47. The molecule has 0 aromatic heterocycles. The molecule has 0 spiro atoms. The summed E-state index contributed by atoms with van der Waals surface area (Å²) < 4.78 is 5.33. The molecule has 7 heteroatoms. The van der Waals surface area contributed by atoms with E-state index in [0.717, 1.165) is 6.54 Å². The van der Waals surface area contributed by atoms with Crippen molar-refractivity contribution in [2.45, 2.75) is 19.0 Å². The van der Waals surface area contributed by atoms with Gasteiger partial charge in [-0.05, 0) is 6.54 Å². The quantitative estimate of drug-likeness (QED) is 0.726. The highest BCUT2D eigenvalue weighted by Crippen LogP contribution is 2.26. The number of carboxylic acid groups (broad SMARTS) is 1. The van der Waals surface area contributed by atoms with Crippen molar-refractivity contribution in [1.29, 1.82) is 0 Å². The first kappa shape index (κ1) is 13.6. The van der Waals surface area contributed by atoms with Crippen LogP contribution in [0.5, 0.6) is 0 Å². The fourth-order valence-corrected chi connectivity index (χ4v) is 3.49. The molecule has 2 fully saturated rings. The van der Waals surface area contributed by atoms with Crippen molar-refractivity contribution in [3.63, 3.8) is 0 Å². The van der Waals surface area contributed by atoms with E-state index >= 15 is 0 Å². The molecule has 18 heavy (non-hydrogen) atoms. The summed E-state index contributed by atoms with van der Waals surface area (Å²) in [6.45, 7) is 3.65. The zero-order valence-electron chi connectivity index (χ0n) is 10.3. The highest BCUT2D eigenvalue weighted by molar-refractivity contribution is 7.99. The summed E-state index contributed by atoms with van der Waals surface area (Å²) in [5, 5.41) is 12.3. The van der Waals surface area contributed by atoms with E-state index in [1.54, 1.807) is 0 Å². The third-order valence-corrected chi connectivity index (χ3v) is 4.33. The molecule has 102 valence electrons. The highest BCUT2D eigenvalue weighted by atomic mass is 32.2. The van der Waals surface area contributed by atoms with Gasteiger partial charge < -0.3 is 20.1 Å². The van der Waals surface area contributed by atoms with Gasteiger partial charge in [0.05, 0.1) is 25.0 Å². The molecule has 0 saturated carbocycles. The summed E-state index contributed by atoms with van der Waals surface area (Å²) in [6, 6.07) is -0.687. The van der Waals surface area contributed by atoms with Crippen LogP contribution in [0.15, 0.2) is 0 Å². The minimum absolute atomic E-state index is 0.00236. The molecule has 2 aliphatic heterocycles. The van der Waals surface area contributed by atoms with E-state index < -0.39 is 12.0 Å². The van der Waals surface area contributed by atoms with Gasteiger partial charge in [-0.2, -0.15) is 0 Å². The average molecular weight is 274 g/mol. The second kappa shape index (κ2) is 5.90. The maximum absolute atomic E-state index is 12.4. The number of aliphatic carboxylic acids is 1. The third kappa shape index (κ3) is 2.62. The second-order valence-electron chi connectivity index (χ2n) is 4.47. The SMILES string of the molecule is CCNC1COCC1C(=O)N1CSCC1C(=O)O. The molecule has 2 heterocycles. The Morgan fingerprint density at radius 3 is 2.94 bits per heavy atom. The van der Waals surface area contributed by atoms with Crippen LogP contribution < -0.4 is 5.32 Å². The highest BCUT2D eigenvalue weighted by Gasteiger charge is 2.42. The molecule has 2 saturated heterocycles. The van der Waals surface area contributed by atoms with Crippen molar-refractivity contribution in [3.8, 4) is 0 Å². The lowest BCUT2D eigenvalue weighted by atomic mass is 10.0. The first-order valence-corrected chi connectivity index (χ1v) is 7.22. The third-order valence-electron chi connectivity index (χ3n) is 3.31. The van der Waals surface area contributed by atoms with Crippen LogP contribution in [0.2, 0.25) is 0 Å². The van der Waals surface area contributed by atoms with E-state index in [4.69, 9.17) is 9.84 Å². The number of thioether (sulfide) groups is 1. The lowest BCUT2D eigenvalue weighted by Gasteiger charge is -2.26. The molecule has 1 amide bonds. The summed E-state index contributed by atoms with van der Waals surface area (Å²) in [5.74, 6) is -0.348. The largest absolute Gasteiger partial charge is 0.480 e. The van der Waals surface area contributed by atoms with Gasteiger partial charge in [0.25, 0.3) is 0 Å². The monoisotopic (exact) mass is 274 g/mol. The lowest BCUT2D eigenvalue weighted by molar-refractivity contribution is -0.149. The number of nitrogens with zero attached hydrogens (tertiary/aromatic N) is 1. The first-order valence-electron chi connectivity index (χ1n) is 6.07. The second-order valence-corrected chi connectivity index (χ2v) is 5.47. The number of hydrogen-bond acceptors (Lipinski definition) is 5. The van der Waals surface area contributed by atoms with E-state index in [1.807, 2.05) is 6.92 Å². The number of carbonyl (C=O) groups excluding carboxylic acids is 1. The minimum atomic E-state index is -0.924. The Bertz CT molecular complexity index is 339. The van der Waals surface area contributed by atoms with Gasteiger partial charge in [-0.15, -0.1) is 11.8 Å². The van der Waals surface area contributed by atoms with Crippen molar-refractivity contribution >= 4 is 23.6 Å². The molecule has 6 nitrogen and oxygen atoms in total.